The van der Waals surface area contributed by atoms with Crippen molar-refractivity contribution in [2.75, 3.05) is 6.61 Å². The van der Waals surface area contributed by atoms with Crippen molar-refractivity contribution >= 4 is 5.97 Å². The van der Waals surface area contributed by atoms with Crippen LogP contribution in [0.3, 0.4) is 0 Å². The van der Waals surface area contributed by atoms with Gasteiger partial charge in [-0.3, -0.25) is 5.32 Å². The zero-order chi connectivity index (χ0) is 17.9. The maximum absolute atomic E-state index is 13.0. The molecule has 1 N–H and O–H groups in total. The molecule has 0 saturated heterocycles. The largest absolute Gasteiger partial charge is 0.464 e. The second-order valence-corrected chi connectivity index (χ2v) is 7.39. The maximum Gasteiger partial charge on any atom is 0.331 e. The van der Waals surface area contributed by atoms with Gasteiger partial charge in [-0.25, -0.2) is 4.79 Å². The number of carbonyl (C=O) groups is 1. The predicted molar refractivity (Wildman–Crippen MR) is 100 cm³/mol. The molecule has 1 atom stereocenters. The molecule has 2 aromatic carbocycles. The van der Waals surface area contributed by atoms with Crippen LogP contribution in [-0.4, -0.2) is 12.6 Å². The molecule has 3 rings (SSSR count). The predicted octanol–water partition coefficient (Wildman–Crippen LogP) is 4.31. The van der Waals surface area contributed by atoms with Crippen LogP contribution in [0.4, 0.5) is 0 Å². The minimum absolute atomic E-state index is 0.0566. The van der Waals surface area contributed by atoms with E-state index in [-0.39, 0.29) is 11.4 Å². The van der Waals surface area contributed by atoms with Gasteiger partial charge in [-0.2, -0.15) is 0 Å². The zero-order valence-corrected chi connectivity index (χ0v) is 15.3. The Morgan fingerprint density at radius 2 is 1.64 bits per heavy atom. The Hall–Kier alpha value is -2.13. The second kappa shape index (κ2) is 7.01. The van der Waals surface area contributed by atoms with Gasteiger partial charge in [-0.1, -0.05) is 68.4 Å². The van der Waals surface area contributed by atoms with E-state index in [1.807, 2.05) is 31.2 Å². The Kier molecular flexibility index (Phi) is 4.96. The third kappa shape index (κ3) is 3.34. The summed E-state index contributed by atoms with van der Waals surface area (Å²) in [5, 5.41) is 3.56. The van der Waals surface area contributed by atoms with Gasteiger partial charge in [0.1, 0.15) is 5.54 Å². The minimum Gasteiger partial charge on any atom is -0.464 e. The highest BCUT2D eigenvalue weighted by molar-refractivity contribution is 5.84. The number of benzene rings is 2. The topological polar surface area (TPSA) is 38.3 Å². The van der Waals surface area contributed by atoms with E-state index in [1.165, 1.54) is 5.56 Å². The molecule has 0 fully saturated rings. The van der Waals surface area contributed by atoms with Gasteiger partial charge in [-0.15, -0.1) is 0 Å². The van der Waals surface area contributed by atoms with Gasteiger partial charge >= 0.3 is 5.97 Å². The lowest BCUT2D eigenvalue weighted by Gasteiger charge is -2.44. The number of ether oxygens (including phenoxy) is 1. The van der Waals surface area contributed by atoms with E-state index >= 15 is 0 Å². The van der Waals surface area contributed by atoms with Gasteiger partial charge in [0, 0.05) is 6.54 Å². The third-order valence-corrected chi connectivity index (χ3v) is 5.30. The van der Waals surface area contributed by atoms with Crippen LogP contribution >= 0.6 is 0 Å². The molecule has 25 heavy (non-hydrogen) atoms. The number of rotatable bonds is 5. The highest BCUT2D eigenvalue weighted by Crippen LogP contribution is 2.45. The summed E-state index contributed by atoms with van der Waals surface area (Å²) in [6, 6.07) is 18.5. The lowest BCUT2D eigenvalue weighted by Crippen LogP contribution is -2.54. The molecule has 1 aliphatic carbocycles. The molecule has 1 aliphatic rings. The van der Waals surface area contributed by atoms with Crippen LogP contribution in [0.25, 0.3) is 0 Å². The standard InChI is InChI=1S/C22H27NO2/c1-4-25-20(24)22(23-16-17-10-6-5-7-11-17)15-14-21(2,3)18-12-8-9-13-19(18)22/h5-13,23H,4,14-16H2,1-3H3. The van der Waals surface area contributed by atoms with E-state index in [0.717, 1.165) is 24.0 Å². The Balaban J connectivity index is 2.02. The maximum atomic E-state index is 13.0. The summed E-state index contributed by atoms with van der Waals surface area (Å²) < 4.78 is 5.50. The van der Waals surface area contributed by atoms with Crippen molar-refractivity contribution in [3.05, 3.63) is 71.3 Å². The molecule has 0 aromatic heterocycles. The fourth-order valence-electron chi connectivity index (χ4n) is 3.79. The SMILES string of the molecule is CCOC(=O)C1(NCc2ccccc2)CCC(C)(C)c2ccccc21. The molecule has 0 saturated carbocycles. The monoisotopic (exact) mass is 337 g/mol. The van der Waals surface area contributed by atoms with E-state index in [9.17, 15) is 4.79 Å². The van der Waals surface area contributed by atoms with E-state index in [0.29, 0.717) is 13.2 Å². The lowest BCUT2D eigenvalue weighted by atomic mass is 9.65. The smallest absolute Gasteiger partial charge is 0.331 e. The number of nitrogens with one attached hydrogen (secondary N) is 1. The van der Waals surface area contributed by atoms with Gasteiger partial charge in [0.05, 0.1) is 6.61 Å². The van der Waals surface area contributed by atoms with Crippen LogP contribution in [-0.2, 0) is 27.0 Å². The van der Waals surface area contributed by atoms with Gasteiger partial charge in [-0.05, 0) is 41.9 Å². The summed E-state index contributed by atoms with van der Waals surface area (Å²) >= 11 is 0. The van der Waals surface area contributed by atoms with Crippen molar-refractivity contribution < 1.29 is 9.53 Å². The summed E-state index contributed by atoms with van der Waals surface area (Å²) in [7, 11) is 0. The molecule has 3 heteroatoms. The lowest BCUT2D eigenvalue weighted by molar-refractivity contribution is -0.153. The van der Waals surface area contributed by atoms with Gasteiger partial charge in [0.15, 0.2) is 0 Å². The molecule has 0 spiro atoms. The van der Waals surface area contributed by atoms with Crippen LogP contribution in [0.2, 0.25) is 0 Å². The molecule has 0 bridgehead atoms. The molecule has 3 nitrogen and oxygen atoms in total. The average molecular weight is 337 g/mol. The fraction of sp³-hybridized carbons (Fsp3) is 0.409. The van der Waals surface area contributed by atoms with Gasteiger partial charge < -0.3 is 4.74 Å². The first kappa shape index (κ1) is 17.7. The van der Waals surface area contributed by atoms with Crippen LogP contribution in [0.5, 0.6) is 0 Å². The zero-order valence-electron chi connectivity index (χ0n) is 15.3. The molecule has 0 aliphatic heterocycles. The highest BCUT2D eigenvalue weighted by Gasteiger charge is 2.48. The van der Waals surface area contributed by atoms with Crippen molar-refractivity contribution in [1.82, 2.24) is 5.32 Å². The number of esters is 1. The van der Waals surface area contributed by atoms with Crippen molar-refractivity contribution in [2.24, 2.45) is 0 Å². The highest BCUT2D eigenvalue weighted by atomic mass is 16.5. The Labute approximate surface area is 150 Å². The first-order valence-electron chi connectivity index (χ1n) is 9.06. The Morgan fingerprint density at radius 3 is 2.32 bits per heavy atom. The van der Waals surface area contributed by atoms with E-state index < -0.39 is 5.54 Å². The van der Waals surface area contributed by atoms with E-state index in [1.54, 1.807) is 0 Å². The number of hydrogen-bond acceptors (Lipinski definition) is 3. The van der Waals surface area contributed by atoms with Gasteiger partial charge in [0.25, 0.3) is 0 Å². The van der Waals surface area contributed by atoms with Crippen LogP contribution in [0.1, 0.15) is 50.3 Å². The second-order valence-electron chi connectivity index (χ2n) is 7.39. The van der Waals surface area contributed by atoms with Crippen molar-refractivity contribution in [3.63, 3.8) is 0 Å². The van der Waals surface area contributed by atoms with Crippen LogP contribution < -0.4 is 5.32 Å². The molecule has 0 heterocycles. The fourth-order valence-corrected chi connectivity index (χ4v) is 3.79. The van der Waals surface area contributed by atoms with Crippen molar-refractivity contribution in [2.45, 2.75) is 51.1 Å². The van der Waals surface area contributed by atoms with Crippen molar-refractivity contribution in [1.29, 1.82) is 0 Å². The Morgan fingerprint density at radius 1 is 1.00 bits per heavy atom. The summed E-state index contributed by atoms with van der Waals surface area (Å²) in [6.07, 6.45) is 1.67. The molecule has 132 valence electrons. The number of carbonyl (C=O) groups excluding carboxylic acids is 1. The molecule has 0 amide bonds. The van der Waals surface area contributed by atoms with Crippen LogP contribution in [0, 0.1) is 0 Å². The quantitative estimate of drug-likeness (QED) is 0.827. The first-order valence-corrected chi connectivity index (χ1v) is 9.06. The average Bonchev–Trinajstić information content (AvgIpc) is 2.63. The summed E-state index contributed by atoms with van der Waals surface area (Å²) in [4.78, 5) is 13.0. The van der Waals surface area contributed by atoms with Gasteiger partial charge in [0.2, 0.25) is 0 Å². The summed E-state index contributed by atoms with van der Waals surface area (Å²) in [6.45, 7) is 7.38. The molecule has 0 radical (unpaired) electrons. The van der Waals surface area contributed by atoms with Crippen molar-refractivity contribution in [3.8, 4) is 0 Å². The van der Waals surface area contributed by atoms with E-state index in [2.05, 4.69) is 49.5 Å². The molecule has 2 aromatic rings. The molecular formula is C22H27NO2. The van der Waals surface area contributed by atoms with Crippen LogP contribution in [0.15, 0.2) is 54.6 Å². The number of hydrogen-bond donors (Lipinski definition) is 1. The minimum atomic E-state index is -0.780. The summed E-state index contributed by atoms with van der Waals surface area (Å²) in [5.74, 6) is -0.172. The number of fused-ring (bicyclic) bond motifs is 1. The molecule has 1 unspecified atom stereocenters. The third-order valence-electron chi connectivity index (χ3n) is 5.30. The Bertz CT molecular complexity index is 739. The van der Waals surface area contributed by atoms with E-state index in [4.69, 9.17) is 4.74 Å². The first-order chi connectivity index (χ1) is 12.0. The molecular weight excluding hydrogens is 310 g/mol. The normalized spacial score (nSPS) is 21.4. The summed E-state index contributed by atoms with van der Waals surface area (Å²) in [5.41, 5.74) is 2.72.